The van der Waals surface area contributed by atoms with Crippen LogP contribution in [0.15, 0.2) is 53.4 Å². The number of sulfonamides is 1. The van der Waals surface area contributed by atoms with E-state index in [-0.39, 0.29) is 29.8 Å². The monoisotopic (exact) mass is 375 g/mol. The molecule has 0 aromatic heterocycles. The molecule has 0 spiro atoms. The van der Waals surface area contributed by atoms with Gasteiger partial charge in [-0.15, -0.1) is 0 Å². The molecule has 1 fully saturated rings. The SMILES string of the molecule is Cc1ccc(S(=O)(=O)N2C[C@@H](CN)[C@H](c3ccccc3)C2)c([N+](=O)[O-])c1. The first-order valence-electron chi connectivity index (χ1n) is 8.34. The first-order valence-corrected chi connectivity index (χ1v) is 9.79. The molecule has 0 saturated carbocycles. The van der Waals surface area contributed by atoms with Gasteiger partial charge in [-0.3, -0.25) is 10.1 Å². The van der Waals surface area contributed by atoms with E-state index < -0.39 is 20.6 Å². The summed E-state index contributed by atoms with van der Waals surface area (Å²) in [6, 6.07) is 13.8. The third-order valence-electron chi connectivity index (χ3n) is 4.87. The molecule has 7 nitrogen and oxygen atoms in total. The molecule has 8 heteroatoms. The molecule has 2 atom stereocenters. The van der Waals surface area contributed by atoms with Crippen molar-refractivity contribution in [1.82, 2.24) is 4.31 Å². The molecule has 0 bridgehead atoms. The van der Waals surface area contributed by atoms with Gasteiger partial charge in [0.25, 0.3) is 5.69 Å². The number of nitro groups is 1. The molecular weight excluding hydrogens is 354 g/mol. The molecule has 3 rings (SSSR count). The number of hydrogen-bond acceptors (Lipinski definition) is 5. The third kappa shape index (κ3) is 3.35. The maximum absolute atomic E-state index is 13.1. The van der Waals surface area contributed by atoms with Crippen LogP contribution in [0, 0.1) is 23.0 Å². The Morgan fingerprint density at radius 2 is 1.88 bits per heavy atom. The van der Waals surface area contributed by atoms with Crippen LogP contribution in [0.1, 0.15) is 17.0 Å². The number of nitrogens with zero attached hydrogens (tertiary/aromatic N) is 2. The summed E-state index contributed by atoms with van der Waals surface area (Å²) in [5.74, 6) is -0.0582. The lowest BCUT2D eigenvalue weighted by molar-refractivity contribution is -0.387. The highest BCUT2D eigenvalue weighted by Crippen LogP contribution is 2.37. The average molecular weight is 375 g/mol. The molecule has 0 aliphatic carbocycles. The van der Waals surface area contributed by atoms with Crippen molar-refractivity contribution in [3.8, 4) is 0 Å². The van der Waals surface area contributed by atoms with Gasteiger partial charge in [0.05, 0.1) is 4.92 Å². The van der Waals surface area contributed by atoms with Crippen LogP contribution >= 0.6 is 0 Å². The Labute approximate surface area is 152 Å². The Kier molecular flexibility index (Phi) is 5.08. The Morgan fingerprint density at radius 1 is 1.19 bits per heavy atom. The van der Waals surface area contributed by atoms with Crippen LogP contribution in [0.3, 0.4) is 0 Å². The second kappa shape index (κ2) is 7.14. The number of hydrogen-bond donors (Lipinski definition) is 1. The van der Waals surface area contributed by atoms with Crippen molar-refractivity contribution in [3.63, 3.8) is 0 Å². The van der Waals surface area contributed by atoms with E-state index in [0.29, 0.717) is 12.1 Å². The van der Waals surface area contributed by atoms with Gasteiger partial charge in [-0.1, -0.05) is 36.4 Å². The molecular formula is C18H21N3O4S. The molecule has 1 saturated heterocycles. The number of aryl methyl sites for hydroxylation is 1. The predicted molar refractivity (Wildman–Crippen MR) is 98.3 cm³/mol. The smallest absolute Gasteiger partial charge is 0.289 e. The standard InChI is InChI=1S/C18H21N3O4S/c1-13-7-8-18(17(9-13)21(22)23)26(24,25)20-11-15(10-19)16(12-20)14-5-3-2-4-6-14/h2-9,15-16H,10-12,19H2,1H3/t15-,16+/m1/s1. The fraction of sp³-hybridized carbons (Fsp3) is 0.333. The predicted octanol–water partition coefficient (Wildman–Crippen LogP) is 2.27. The van der Waals surface area contributed by atoms with Gasteiger partial charge in [0.2, 0.25) is 10.0 Å². The number of nitrogens with two attached hydrogens (primary N) is 1. The molecule has 2 aromatic rings. The number of nitro benzene ring substituents is 1. The average Bonchev–Trinajstić information content (AvgIpc) is 3.07. The summed E-state index contributed by atoms with van der Waals surface area (Å²) < 4.78 is 27.5. The largest absolute Gasteiger partial charge is 0.330 e. The number of benzene rings is 2. The lowest BCUT2D eigenvalue weighted by Gasteiger charge is -2.17. The number of rotatable bonds is 5. The zero-order valence-electron chi connectivity index (χ0n) is 14.4. The summed E-state index contributed by atoms with van der Waals surface area (Å²) in [7, 11) is -3.98. The summed E-state index contributed by atoms with van der Waals surface area (Å²) in [5, 5.41) is 11.3. The van der Waals surface area contributed by atoms with Crippen LogP contribution < -0.4 is 5.73 Å². The van der Waals surface area contributed by atoms with E-state index in [1.165, 1.54) is 16.4 Å². The van der Waals surface area contributed by atoms with E-state index in [1.807, 2.05) is 30.3 Å². The minimum absolute atomic E-state index is 0.0273. The van der Waals surface area contributed by atoms with Crippen molar-refractivity contribution >= 4 is 15.7 Å². The van der Waals surface area contributed by atoms with E-state index in [9.17, 15) is 18.5 Å². The minimum atomic E-state index is -3.98. The summed E-state index contributed by atoms with van der Waals surface area (Å²) >= 11 is 0. The lowest BCUT2D eigenvalue weighted by Crippen LogP contribution is -2.30. The van der Waals surface area contributed by atoms with Gasteiger partial charge in [-0.2, -0.15) is 4.31 Å². The minimum Gasteiger partial charge on any atom is -0.330 e. The maximum Gasteiger partial charge on any atom is 0.289 e. The topological polar surface area (TPSA) is 107 Å². The molecule has 1 aliphatic heterocycles. The summed E-state index contributed by atoms with van der Waals surface area (Å²) in [6.45, 7) is 2.55. The van der Waals surface area contributed by atoms with Gasteiger partial charge in [0.15, 0.2) is 4.90 Å². The highest BCUT2D eigenvalue weighted by atomic mass is 32.2. The Bertz CT molecular complexity index is 915. The van der Waals surface area contributed by atoms with Gasteiger partial charge in [-0.05, 0) is 36.6 Å². The van der Waals surface area contributed by atoms with Crippen molar-refractivity contribution in [2.45, 2.75) is 17.7 Å². The Morgan fingerprint density at radius 3 is 2.50 bits per heavy atom. The van der Waals surface area contributed by atoms with Crippen molar-refractivity contribution in [3.05, 3.63) is 69.8 Å². The van der Waals surface area contributed by atoms with Gasteiger partial charge in [0, 0.05) is 25.1 Å². The van der Waals surface area contributed by atoms with Crippen LogP contribution in [0.4, 0.5) is 5.69 Å². The van der Waals surface area contributed by atoms with Crippen molar-refractivity contribution in [1.29, 1.82) is 0 Å². The van der Waals surface area contributed by atoms with Gasteiger partial charge in [0.1, 0.15) is 0 Å². The Balaban J connectivity index is 1.98. The van der Waals surface area contributed by atoms with E-state index in [4.69, 9.17) is 5.73 Å². The van der Waals surface area contributed by atoms with Crippen LogP contribution in [0.5, 0.6) is 0 Å². The fourth-order valence-electron chi connectivity index (χ4n) is 3.47. The van der Waals surface area contributed by atoms with Crippen molar-refractivity contribution in [2.75, 3.05) is 19.6 Å². The third-order valence-corrected chi connectivity index (χ3v) is 6.75. The quantitative estimate of drug-likeness (QED) is 0.637. The van der Waals surface area contributed by atoms with E-state index >= 15 is 0 Å². The molecule has 0 unspecified atom stereocenters. The van der Waals surface area contributed by atoms with Gasteiger partial charge < -0.3 is 5.73 Å². The maximum atomic E-state index is 13.1. The molecule has 0 amide bonds. The second-order valence-electron chi connectivity index (χ2n) is 6.56. The van der Waals surface area contributed by atoms with E-state index in [0.717, 1.165) is 5.56 Å². The van der Waals surface area contributed by atoms with Crippen LogP contribution in [-0.4, -0.2) is 37.3 Å². The first-order chi connectivity index (χ1) is 12.3. The molecule has 1 aliphatic rings. The van der Waals surface area contributed by atoms with Crippen LogP contribution in [-0.2, 0) is 10.0 Å². The molecule has 2 N–H and O–H groups in total. The summed E-state index contributed by atoms with van der Waals surface area (Å²) in [6.07, 6.45) is 0. The molecule has 2 aromatic carbocycles. The van der Waals surface area contributed by atoms with E-state index in [1.54, 1.807) is 13.0 Å². The van der Waals surface area contributed by atoms with E-state index in [2.05, 4.69) is 0 Å². The van der Waals surface area contributed by atoms with Crippen molar-refractivity contribution in [2.24, 2.45) is 11.7 Å². The normalized spacial score (nSPS) is 21.0. The van der Waals surface area contributed by atoms with Crippen molar-refractivity contribution < 1.29 is 13.3 Å². The molecule has 1 heterocycles. The Hall–Kier alpha value is -2.29. The molecule has 138 valence electrons. The lowest BCUT2D eigenvalue weighted by atomic mass is 9.89. The molecule has 26 heavy (non-hydrogen) atoms. The van der Waals surface area contributed by atoms with Crippen LogP contribution in [0.2, 0.25) is 0 Å². The first kappa shape index (κ1) is 18.5. The van der Waals surface area contributed by atoms with Gasteiger partial charge >= 0.3 is 0 Å². The zero-order chi connectivity index (χ0) is 18.9. The van der Waals surface area contributed by atoms with Gasteiger partial charge in [-0.25, -0.2) is 8.42 Å². The summed E-state index contributed by atoms with van der Waals surface area (Å²) in [5.41, 5.74) is 7.15. The van der Waals surface area contributed by atoms with Crippen LogP contribution in [0.25, 0.3) is 0 Å². The summed E-state index contributed by atoms with van der Waals surface area (Å²) in [4.78, 5) is 10.4. The zero-order valence-corrected chi connectivity index (χ0v) is 15.2. The molecule has 0 radical (unpaired) electrons. The highest BCUT2D eigenvalue weighted by Gasteiger charge is 2.41. The highest BCUT2D eigenvalue weighted by molar-refractivity contribution is 7.89. The second-order valence-corrected chi connectivity index (χ2v) is 8.47. The fourth-order valence-corrected chi connectivity index (χ4v) is 5.13.